The van der Waals surface area contributed by atoms with E-state index in [2.05, 4.69) is 33.2 Å². The highest BCUT2D eigenvalue weighted by molar-refractivity contribution is 5.77. The SMILES string of the molecule is CC(C)(N)CCOC(C)(C)CCN(CCC(C)(C)OCCC(C)(C)N)C(=O)CC(C)(C)OCCC(C)(C)ONC(=O)OC(C)(C)C. The molecule has 0 rings (SSSR count). The third-order valence-corrected chi connectivity index (χ3v) is 7.38. The van der Waals surface area contributed by atoms with E-state index in [9.17, 15) is 9.59 Å². The molecule has 2 amide bonds. The number of nitrogens with two attached hydrogens (primary N) is 2. The lowest BCUT2D eigenvalue weighted by Gasteiger charge is -2.35. The summed E-state index contributed by atoms with van der Waals surface area (Å²) in [7, 11) is 0. The van der Waals surface area contributed by atoms with Gasteiger partial charge in [-0.15, -0.1) is 0 Å². The fourth-order valence-corrected chi connectivity index (χ4v) is 4.12. The molecule has 274 valence electrons. The first-order valence-electron chi connectivity index (χ1n) is 16.9. The van der Waals surface area contributed by atoms with Crippen molar-refractivity contribution in [3.63, 3.8) is 0 Å². The summed E-state index contributed by atoms with van der Waals surface area (Å²) >= 11 is 0. The summed E-state index contributed by atoms with van der Waals surface area (Å²) in [4.78, 5) is 33.2. The van der Waals surface area contributed by atoms with Gasteiger partial charge in [0, 0.05) is 43.8 Å². The molecule has 0 bridgehead atoms. The Morgan fingerprint density at radius 2 is 0.957 bits per heavy atom. The fourth-order valence-electron chi connectivity index (χ4n) is 4.12. The Morgan fingerprint density at radius 1 is 0.565 bits per heavy atom. The summed E-state index contributed by atoms with van der Waals surface area (Å²) in [6.45, 7) is 31.6. The number of carbonyl (C=O) groups is 2. The molecule has 0 aliphatic carbocycles. The van der Waals surface area contributed by atoms with Crippen LogP contribution >= 0.6 is 0 Å². The number of carbonyl (C=O) groups excluding carboxylic acids is 2. The Bertz CT molecular complexity index is 877. The van der Waals surface area contributed by atoms with Gasteiger partial charge in [0.25, 0.3) is 0 Å². The van der Waals surface area contributed by atoms with Crippen LogP contribution in [0, 0.1) is 0 Å². The van der Waals surface area contributed by atoms with Gasteiger partial charge in [0.1, 0.15) is 5.60 Å². The smallest absolute Gasteiger partial charge is 0.431 e. The van der Waals surface area contributed by atoms with Crippen LogP contribution in [-0.2, 0) is 28.6 Å². The zero-order valence-electron chi connectivity index (χ0n) is 32.2. The predicted octanol–water partition coefficient (Wildman–Crippen LogP) is 6.25. The Hall–Kier alpha value is -1.50. The van der Waals surface area contributed by atoms with Crippen LogP contribution in [0.1, 0.15) is 142 Å². The van der Waals surface area contributed by atoms with Gasteiger partial charge in [-0.05, 0) is 130 Å². The largest absolute Gasteiger partial charge is 0.442 e. The molecule has 46 heavy (non-hydrogen) atoms. The summed E-state index contributed by atoms with van der Waals surface area (Å²) < 4.78 is 23.8. The fraction of sp³-hybridized carbons (Fsp3) is 0.943. The zero-order valence-corrected chi connectivity index (χ0v) is 32.2. The van der Waals surface area contributed by atoms with E-state index in [1.54, 1.807) is 20.8 Å². The second-order valence-corrected chi connectivity index (χ2v) is 17.6. The average molecular weight is 661 g/mol. The highest BCUT2D eigenvalue weighted by Crippen LogP contribution is 2.24. The molecular formula is C35H72N4O7. The molecule has 0 atom stereocenters. The van der Waals surface area contributed by atoms with E-state index in [0.29, 0.717) is 52.2 Å². The molecule has 0 saturated carbocycles. The minimum Gasteiger partial charge on any atom is -0.442 e. The number of nitrogens with zero attached hydrogens (tertiary/aromatic N) is 1. The summed E-state index contributed by atoms with van der Waals surface area (Å²) in [6.07, 6.45) is 2.87. The Labute approximate surface area is 281 Å². The summed E-state index contributed by atoms with van der Waals surface area (Å²) in [6, 6.07) is 0. The summed E-state index contributed by atoms with van der Waals surface area (Å²) in [5.74, 6) is 0.00452. The van der Waals surface area contributed by atoms with Crippen LogP contribution in [0.15, 0.2) is 0 Å². The maximum Gasteiger partial charge on any atom is 0.431 e. The number of nitrogens with one attached hydrogen (secondary N) is 1. The lowest BCUT2D eigenvalue weighted by atomic mass is 9.99. The van der Waals surface area contributed by atoms with E-state index in [4.69, 9.17) is 35.3 Å². The van der Waals surface area contributed by atoms with Gasteiger partial charge in [-0.25, -0.2) is 4.79 Å². The van der Waals surface area contributed by atoms with Crippen molar-refractivity contribution in [3.8, 4) is 0 Å². The molecule has 0 aromatic heterocycles. The van der Waals surface area contributed by atoms with Crippen LogP contribution in [-0.4, -0.2) is 88.9 Å². The quantitative estimate of drug-likeness (QED) is 0.115. The number of amides is 2. The van der Waals surface area contributed by atoms with E-state index >= 15 is 0 Å². The van der Waals surface area contributed by atoms with Gasteiger partial charge in [0.2, 0.25) is 5.91 Å². The lowest BCUT2D eigenvalue weighted by Crippen LogP contribution is -2.44. The van der Waals surface area contributed by atoms with Crippen LogP contribution in [0.25, 0.3) is 0 Å². The number of hydrogen-bond acceptors (Lipinski definition) is 9. The standard InChI is InChI=1S/C35H72N4O7/c1-29(2,3)45-28(41)38-46-34(12,13)20-25-44-35(14,15)26-27(40)39(21-16-32(8,9)42-23-18-30(4,5)36)22-17-33(10,11)43-24-19-31(6,7)37/h16-26,36-37H2,1-15H3,(H,38,41). The Kier molecular flexibility index (Phi) is 17.2. The minimum atomic E-state index is -0.721. The highest BCUT2D eigenvalue weighted by Gasteiger charge is 2.31. The summed E-state index contributed by atoms with van der Waals surface area (Å²) in [5, 5.41) is 0. The minimum absolute atomic E-state index is 0.00452. The zero-order chi connectivity index (χ0) is 36.3. The molecule has 0 heterocycles. The maximum absolute atomic E-state index is 13.8. The predicted molar refractivity (Wildman–Crippen MR) is 185 cm³/mol. The molecule has 0 spiro atoms. The second-order valence-electron chi connectivity index (χ2n) is 17.6. The van der Waals surface area contributed by atoms with Crippen LogP contribution in [0.4, 0.5) is 4.79 Å². The van der Waals surface area contributed by atoms with Crippen molar-refractivity contribution >= 4 is 12.0 Å². The molecule has 5 N–H and O–H groups in total. The number of rotatable bonds is 22. The molecule has 0 fully saturated rings. The van der Waals surface area contributed by atoms with Crippen LogP contribution in [0.2, 0.25) is 0 Å². The van der Waals surface area contributed by atoms with E-state index in [0.717, 1.165) is 12.8 Å². The molecule has 11 heteroatoms. The molecule has 0 unspecified atom stereocenters. The molecule has 0 aromatic carbocycles. The molecule has 0 aliphatic rings. The maximum atomic E-state index is 13.8. The average Bonchev–Trinajstić information content (AvgIpc) is 2.79. The van der Waals surface area contributed by atoms with Gasteiger partial charge in [-0.3, -0.25) is 9.63 Å². The third-order valence-electron chi connectivity index (χ3n) is 7.38. The van der Waals surface area contributed by atoms with Gasteiger partial charge < -0.3 is 35.3 Å². The molecule has 0 radical (unpaired) electrons. The van der Waals surface area contributed by atoms with Crippen molar-refractivity contribution in [3.05, 3.63) is 0 Å². The summed E-state index contributed by atoms with van der Waals surface area (Å²) in [5.41, 5.74) is 11.1. The Morgan fingerprint density at radius 3 is 1.35 bits per heavy atom. The van der Waals surface area contributed by atoms with Crippen molar-refractivity contribution in [2.75, 3.05) is 32.9 Å². The van der Waals surface area contributed by atoms with Gasteiger partial charge >= 0.3 is 6.09 Å². The molecule has 0 aromatic rings. The normalized spacial score (nSPS) is 13.9. The number of hydroxylamine groups is 1. The monoisotopic (exact) mass is 661 g/mol. The highest BCUT2D eigenvalue weighted by atomic mass is 16.7. The van der Waals surface area contributed by atoms with E-state index < -0.39 is 34.1 Å². The topological polar surface area (TPSA) is 148 Å². The molecule has 0 aliphatic heterocycles. The third kappa shape index (κ3) is 24.6. The number of hydrogen-bond donors (Lipinski definition) is 3. The number of ether oxygens (including phenoxy) is 4. The molecule has 11 nitrogen and oxygen atoms in total. The van der Waals surface area contributed by atoms with Crippen molar-refractivity contribution in [1.82, 2.24) is 10.4 Å². The first-order valence-corrected chi connectivity index (χ1v) is 16.9. The second kappa shape index (κ2) is 17.8. The van der Waals surface area contributed by atoms with Gasteiger partial charge in [0.05, 0.1) is 35.4 Å². The van der Waals surface area contributed by atoms with E-state index in [1.165, 1.54) is 0 Å². The van der Waals surface area contributed by atoms with Crippen molar-refractivity contribution < 1.29 is 33.4 Å². The Balaban J connectivity index is 5.33. The van der Waals surface area contributed by atoms with Crippen molar-refractivity contribution in [2.45, 2.75) is 181 Å². The molecular weight excluding hydrogens is 588 g/mol. The van der Waals surface area contributed by atoms with Gasteiger partial charge in [-0.1, -0.05) is 0 Å². The van der Waals surface area contributed by atoms with Crippen LogP contribution < -0.4 is 16.9 Å². The van der Waals surface area contributed by atoms with Gasteiger partial charge in [0.15, 0.2) is 0 Å². The van der Waals surface area contributed by atoms with Gasteiger partial charge in [-0.2, -0.15) is 5.48 Å². The first kappa shape index (κ1) is 44.5. The van der Waals surface area contributed by atoms with E-state index in [-0.39, 0.29) is 23.4 Å². The van der Waals surface area contributed by atoms with Crippen LogP contribution in [0.3, 0.4) is 0 Å². The van der Waals surface area contributed by atoms with E-state index in [1.807, 2.05) is 60.3 Å². The first-order chi connectivity index (χ1) is 20.4. The lowest BCUT2D eigenvalue weighted by molar-refractivity contribution is -0.142. The van der Waals surface area contributed by atoms with Crippen molar-refractivity contribution in [1.29, 1.82) is 0 Å². The van der Waals surface area contributed by atoms with Crippen LogP contribution in [0.5, 0.6) is 0 Å². The van der Waals surface area contributed by atoms with Crippen molar-refractivity contribution in [2.24, 2.45) is 11.5 Å². The molecule has 0 saturated heterocycles.